The molecule has 4 saturated carbocycles. The molecule has 2 heteroatoms. The molecule has 0 aromatic rings. The first-order valence-corrected chi connectivity index (χ1v) is 8.83. The summed E-state index contributed by atoms with van der Waals surface area (Å²) in [6, 6.07) is 0. The Balaban J connectivity index is 1.56. The van der Waals surface area contributed by atoms with Gasteiger partial charge < -0.3 is 4.90 Å². The minimum absolute atomic E-state index is 0.0749. The molecule has 2 nitrogen and oxygen atoms in total. The van der Waals surface area contributed by atoms with E-state index in [0.717, 1.165) is 30.8 Å². The summed E-state index contributed by atoms with van der Waals surface area (Å²) < 4.78 is 0. The lowest BCUT2D eigenvalue weighted by Crippen LogP contribution is -2.56. The molecule has 1 amide bonds. The van der Waals surface area contributed by atoms with Crippen LogP contribution in [0.15, 0.2) is 0 Å². The highest BCUT2D eigenvalue weighted by Crippen LogP contribution is 2.60. The molecule has 4 aliphatic carbocycles. The number of hydrogen-bond acceptors (Lipinski definition) is 1. The van der Waals surface area contributed by atoms with E-state index in [4.69, 9.17) is 0 Å². The van der Waals surface area contributed by atoms with Crippen molar-refractivity contribution in [2.45, 2.75) is 58.8 Å². The first-order valence-electron chi connectivity index (χ1n) is 8.83. The number of rotatable bonds is 1. The molecule has 1 heterocycles. The van der Waals surface area contributed by atoms with E-state index in [0.29, 0.717) is 17.7 Å². The van der Waals surface area contributed by atoms with Gasteiger partial charge in [0.15, 0.2) is 0 Å². The molecule has 5 rings (SSSR count). The van der Waals surface area contributed by atoms with Crippen molar-refractivity contribution in [3.05, 3.63) is 0 Å². The summed E-state index contributed by atoms with van der Waals surface area (Å²) in [6.45, 7) is 6.67. The van der Waals surface area contributed by atoms with E-state index in [1.807, 2.05) is 0 Å². The molecule has 5 aliphatic rings. The molecule has 1 aliphatic heterocycles. The average molecular weight is 275 g/mol. The highest BCUT2D eigenvalue weighted by molar-refractivity contribution is 5.83. The van der Waals surface area contributed by atoms with Crippen LogP contribution in [0.25, 0.3) is 0 Å². The second-order valence-corrected chi connectivity index (χ2v) is 8.85. The van der Waals surface area contributed by atoms with Crippen LogP contribution in [0.4, 0.5) is 0 Å². The third-order valence-electron chi connectivity index (χ3n) is 6.65. The molecule has 0 N–H and O–H groups in total. The maximum Gasteiger partial charge on any atom is 0.228 e. The predicted molar refractivity (Wildman–Crippen MR) is 80.1 cm³/mol. The Bertz CT molecular complexity index is 370. The van der Waals surface area contributed by atoms with Crippen LogP contribution in [0.3, 0.4) is 0 Å². The van der Waals surface area contributed by atoms with E-state index in [-0.39, 0.29) is 5.41 Å². The summed E-state index contributed by atoms with van der Waals surface area (Å²) in [5.74, 6) is 4.57. The first-order chi connectivity index (χ1) is 9.54. The lowest BCUT2D eigenvalue weighted by atomic mass is 9.49. The van der Waals surface area contributed by atoms with Crippen LogP contribution >= 0.6 is 0 Å². The molecular weight excluding hydrogens is 246 g/mol. The lowest BCUT2D eigenvalue weighted by Gasteiger charge is -2.57. The van der Waals surface area contributed by atoms with Crippen LogP contribution in [0.1, 0.15) is 58.8 Å². The van der Waals surface area contributed by atoms with Crippen molar-refractivity contribution < 1.29 is 4.79 Å². The molecule has 0 radical (unpaired) electrons. The van der Waals surface area contributed by atoms with Crippen molar-refractivity contribution in [1.82, 2.24) is 4.90 Å². The fourth-order valence-corrected chi connectivity index (χ4v) is 6.54. The van der Waals surface area contributed by atoms with Gasteiger partial charge in [-0.15, -0.1) is 0 Å². The second kappa shape index (κ2) is 4.48. The van der Waals surface area contributed by atoms with Gasteiger partial charge in [-0.1, -0.05) is 13.8 Å². The van der Waals surface area contributed by atoms with Crippen LogP contribution in [0, 0.1) is 35.0 Å². The van der Waals surface area contributed by atoms with Crippen LogP contribution < -0.4 is 0 Å². The van der Waals surface area contributed by atoms with Crippen LogP contribution in [0.2, 0.25) is 0 Å². The molecule has 1 saturated heterocycles. The van der Waals surface area contributed by atoms with E-state index in [1.165, 1.54) is 44.9 Å². The van der Waals surface area contributed by atoms with Gasteiger partial charge in [0, 0.05) is 13.1 Å². The summed E-state index contributed by atoms with van der Waals surface area (Å²) in [5, 5.41) is 0. The normalized spacial score (nSPS) is 50.5. The summed E-state index contributed by atoms with van der Waals surface area (Å²) in [6.07, 6.45) is 9.24. The van der Waals surface area contributed by atoms with E-state index < -0.39 is 0 Å². The van der Waals surface area contributed by atoms with Gasteiger partial charge in [-0.25, -0.2) is 0 Å². The van der Waals surface area contributed by atoms with Crippen LogP contribution in [-0.4, -0.2) is 23.9 Å². The zero-order chi connectivity index (χ0) is 13.9. The first kappa shape index (κ1) is 13.2. The fraction of sp³-hybridized carbons (Fsp3) is 0.944. The quantitative estimate of drug-likeness (QED) is 0.714. The number of piperidine rings is 1. The minimum Gasteiger partial charge on any atom is -0.342 e. The molecule has 4 bridgehead atoms. The number of carbonyl (C=O) groups is 1. The number of hydrogen-bond donors (Lipinski definition) is 0. The van der Waals surface area contributed by atoms with Crippen molar-refractivity contribution in [2.24, 2.45) is 35.0 Å². The topological polar surface area (TPSA) is 20.3 Å². The Morgan fingerprint density at radius 2 is 1.30 bits per heavy atom. The summed E-state index contributed by atoms with van der Waals surface area (Å²) >= 11 is 0. The van der Waals surface area contributed by atoms with E-state index in [1.54, 1.807) is 0 Å². The van der Waals surface area contributed by atoms with Crippen LogP contribution in [-0.2, 0) is 4.79 Å². The molecule has 0 aromatic heterocycles. The second-order valence-electron chi connectivity index (χ2n) is 8.85. The molecule has 0 aromatic carbocycles. The number of amides is 1. The molecule has 0 spiro atoms. The fourth-order valence-electron chi connectivity index (χ4n) is 6.54. The van der Waals surface area contributed by atoms with Gasteiger partial charge in [0.2, 0.25) is 5.91 Å². The van der Waals surface area contributed by atoms with Gasteiger partial charge in [0.05, 0.1) is 5.41 Å². The van der Waals surface area contributed by atoms with E-state index in [9.17, 15) is 4.79 Å². The Labute approximate surface area is 123 Å². The third-order valence-corrected chi connectivity index (χ3v) is 6.65. The zero-order valence-electron chi connectivity index (χ0n) is 13.1. The zero-order valence-corrected chi connectivity index (χ0v) is 13.1. The van der Waals surface area contributed by atoms with E-state index >= 15 is 0 Å². The third kappa shape index (κ3) is 2.02. The summed E-state index contributed by atoms with van der Waals surface area (Å²) in [4.78, 5) is 15.5. The largest absolute Gasteiger partial charge is 0.342 e. The Kier molecular flexibility index (Phi) is 2.95. The van der Waals surface area contributed by atoms with Crippen molar-refractivity contribution in [3.63, 3.8) is 0 Å². The SMILES string of the molecule is C[C@@H]1C[C@@H](C)CN(C(=O)C23CC4CC(CC(C4)C2)C3)C1. The van der Waals surface area contributed by atoms with Crippen molar-refractivity contribution in [1.29, 1.82) is 0 Å². The Morgan fingerprint density at radius 1 is 0.850 bits per heavy atom. The van der Waals surface area contributed by atoms with Gasteiger partial charge >= 0.3 is 0 Å². The smallest absolute Gasteiger partial charge is 0.228 e. The lowest BCUT2D eigenvalue weighted by molar-refractivity contribution is -0.160. The van der Waals surface area contributed by atoms with Gasteiger partial charge in [0.25, 0.3) is 0 Å². The number of nitrogens with zero attached hydrogens (tertiary/aromatic N) is 1. The highest BCUT2D eigenvalue weighted by Gasteiger charge is 2.55. The molecular formula is C18H29NO. The monoisotopic (exact) mass is 275 g/mol. The Morgan fingerprint density at radius 3 is 1.75 bits per heavy atom. The number of carbonyl (C=O) groups excluding carboxylic acids is 1. The molecule has 0 unspecified atom stereocenters. The van der Waals surface area contributed by atoms with Crippen molar-refractivity contribution in [2.75, 3.05) is 13.1 Å². The number of likely N-dealkylation sites (tertiary alicyclic amines) is 1. The van der Waals surface area contributed by atoms with Crippen LogP contribution in [0.5, 0.6) is 0 Å². The highest BCUT2D eigenvalue weighted by atomic mass is 16.2. The standard InChI is InChI=1S/C18H29NO/c1-12-3-13(2)11-19(10-12)17(20)18-7-14-4-15(8-18)6-16(5-14)9-18/h12-16H,3-11H2,1-2H3/t12-,13-,14?,15?,16?,18?/m1/s1. The summed E-state index contributed by atoms with van der Waals surface area (Å²) in [7, 11) is 0. The maximum atomic E-state index is 13.3. The van der Waals surface area contributed by atoms with Gasteiger partial charge in [-0.3, -0.25) is 4.79 Å². The average Bonchev–Trinajstić information content (AvgIpc) is 2.35. The van der Waals surface area contributed by atoms with Gasteiger partial charge in [-0.2, -0.15) is 0 Å². The molecule has 5 fully saturated rings. The molecule has 20 heavy (non-hydrogen) atoms. The summed E-state index contributed by atoms with van der Waals surface area (Å²) in [5.41, 5.74) is 0.0749. The molecule has 112 valence electrons. The van der Waals surface area contributed by atoms with E-state index in [2.05, 4.69) is 18.7 Å². The predicted octanol–water partition coefficient (Wildman–Crippen LogP) is 3.71. The maximum absolute atomic E-state index is 13.3. The van der Waals surface area contributed by atoms with Crippen molar-refractivity contribution >= 4 is 5.91 Å². The van der Waals surface area contributed by atoms with Gasteiger partial charge in [-0.05, 0) is 74.5 Å². The Hall–Kier alpha value is -0.530. The minimum atomic E-state index is 0.0749. The van der Waals surface area contributed by atoms with Gasteiger partial charge in [0.1, 0.15) is 0 Å². The van der Waals surface area contributed by atoms with Crippen molar-refractivity contribution in [3.8, 4) is 0 Å². The molecule has 2 atom stereocenters.